The minimum Gasteiger partial charge on any atom is -0.402 e. The number of unbranched alkanes of at least 4 members (excludes halogenated alkanes) is 7. The number of carbonyl (C=O) groups excluding carboxylic acids is 1. The molecule has 0 heterocycles. The SMILES string of the molecule is CCCCCCCCCC/C(N)=C/C(N)=O. The third kappa shape index (κ3) is 11.1. The lowest BCUT2D eigenvalue weighted by atomic mass is 10.1. The van der Waals surface area contributed by atoms with Crippen molar-refractivity contribution in [2.24, 2.45) is 11.5 Å². The van der Waals surface area contributed by atoms with E-state index in [0.717, 1.165) is 12.8 Å². The zero-order valence-corrected chi connectivity index (χ0v) is 10.5. The number of hydrogen-bond acceptors (Lipinski definition) is 2. The average Bonchev–Trinajstić information content (AvgIpc) is 2.21. The molecule has 0 aliphatic heterocycles. The summed E-state index contributed by atoms with van der Waals surface area (Å²) in [5.41, 5.74) is 11.2. The molecule has 0 fully saturated rings. The van der Waals surface area contributed by atoms with E-state index < -0.39 is 5.91 Å². The summed E-state index contributed by atoms with van der Waals surface area (Å²) in [4.78, 5) is 10.5. The van der Waals surface area contributed by atoms with Gasteiger partial charge in [-0.15, -0.1) is 0 Å². The van der Waals surface area contributed by atoms with Gasteiger partial charge >= 0.3 is 0 Å². The Morgan fingerprint density at radius 2 is 1.44 bits per heavy atom. The summed E-state index contributed by atoms with van der Waals surface area (Å²) < 4.78 is 0. The highest BCUT2D eigenvalue weighted by Gasteiger charge is 1.95. The fourth-order valence-electron chi connectivity index (χ4n) is 1.72. The molecule has 0 unspecified atom stereocenters. The first-order chi connectivity index (χ1) is 7.66. The fraction of sp³-hybridized carbons (Fsp3) is 0.769. The van der Waals surface area contributed by atoms with Crippen LogP contribution in [0.1, 0.15) is 64.7 Å². The highest BCUT2D eigenvalue weighted by Crippen LogP contribution is 2.10. The van der Waals surface area contributed by atoms with Gasteiger partial charge in [0.1, 0.15) is 0 Å². The second-order valence-electron chi connectivity index (χ2n) is 4.35. The molecule has 0 spiro atoms. The van der Waals surface area contributed by atoms with Crippen molar-refractivity contribution < 1.29 is 4.79 Å². The van der Waals surface area contributed by atoms with Crippen LogP contribution >= 0.6 is 0 Å². The number of hydrogen-bond donors (Lipinski definition) is 2. The van der Waals surface area contributed by atoms with Crippen molar-refractivity contribution in [3.8, 4) is 0 Å². The number of nitrogens with two attached hydrogens (primary N) is 2. The first-order valence-corrected chi connectivity index (χ1v) is 6.42. The lowest BCUT2D eigenvalue weighted by Crippen LogP contribution is -2.10. The summed E-state index contributed by atoms with van der Waals surface area (Å²) in [6.45, 7) is 2.23. The molecule has 0 saturated carbocycles. The Morgan fingerprint density at radius 3 is 1.94 bits per heavy atom. The molecule has 94 valence electrons. The van der Waals surface area contributed by atoms with Crippen molar-refractivity contribution in [2.45, 2.75) is 64.7 Å². The molecule has 0 aromatic carbocycles. The number of rotatable bonds is 10. The van der Waals surface area contributed by atoms with Crippen molar-refractivity contribution >= 4 is 5.91 Å². The molecule has 1 amide bonds. The van der Waals surface area contributed by atoms with E-state index in [1.807, 2.05) is 0 Å². The summed E-state index contributed by atoms with van der Waals surface area (Å²) >= 11 is 0. The molecular weight excluding hydrogens is 200 g/mol. The van der Waals surface area contributed by atoms with Crippen LogP contribution < -0.4 is 11.5 Å². The third-order valence-electron chi connectivity index (χ3n) is 2.65. The predicted octanol–water partition coefficient (Wildman–Crippen LogP) is 2.85. The summed E-state index contributed by atoms with van der Waals surface area (Å²) in [6, 6.07) is 0. The van der Waals surface area contributed by atoms with Crippen LogP contribution in [0.4, 0.5) is 0 Å². The number of primary amides is 1. The first kappa shape index (κ1) is 15.0. The van der Waals surface area contributed by atoms with E-state index in [2.05, 4.69) is 6.92 Å². The molecule has 0 saturated heterocycles. The summed E-state index contributed by atoms with van der Waals surface area (Å²) in [5, 5.41) is 0. The lowest BCUT2D eigenvalue weighted by molar-refractivity contribution is -0.113. The molecule has 16 heavy (non-hydrogen) atoms. The Hall–Kier alpha value is -0.990. The van der Waals surface area contributed by atoms with Crippen LogP contribution in [0.2, 0.25) is 0 Å². The van der Waals surface area contributed by atoms with Crippen LogP contribution in [0.5, 0.6) is 0 Å². The molecule has 0 atom stereocenters. The topological polar surface area (TPSA) is 69.1 Å². The van der Waals surface area contributed by atoms with E-state index in [1.54, 1.807) is 0 Å². The van der Waals surface area contributed by atoms with Gasteiger partial charge in [-0.2, -0.15) is 0 Å². The molecule has 0 radical (unpaired) electrons. The van der Waals surface area contributed by atoms with Gasteiger partial charge < -0.3 is 11.5 Å². The molecule has 4 N–H and O–H groups in total. The predicted molar refractivity (Wildman–Crippen MR) is 68.7 cm³/mol. The second kappa shape index (κ2) is 10.5. The standard InChI is InChI=1S/C13H26N2O/c1-2-3-4-5-6-7-8-9-10-12(14)11-13(15)16/h11H,2-10,14H2,1H3,(H2,15,16)/b12-11-. The smallest absolute Gasteiger partial charge is 0.243 e. The maximum atomic E-state index is 10.5. The molecule has 0 aromatic rings. The fourth-order valence-corrected chi connectivity index (χ4v) is 1.72. The van der Waals surface area contributed by atoms with Gasteiger partial charge in [-0.1, -0.05) is 51.9 Å². The molecule has 0 rings (SSSR count). The van der Waals surface area contributed by atoms with E-state index in [1.165, 1.54) is 51.0 Å². The molecule has 0 aliphatic rings. The molecule has 3 nitrogen and oxygen atoms in total. The Morgan fingerprint density at radius 1 is 0.938 bits per heavy atom. The summed E-state index contributed by atoms with van der Waals surface area (Å²) in [7, 11) is 0. The maximum Gasteiger partial charge on any atom is 0.243 e. The summed E-state index contributed by atoms with van der Waals surface area (Å²) in [5.74, 6) is -0.447. The first-order valence-electron chi connectivity index (χ1n) is 6.42. The molecule has 3 heteroatoms. The van der Waals surface area contributed by atoms with Crippen LogP contribution in [0.25, 0.3) is 0 Å². The van der Waals surface area contributed by atoms with Crippen LogP contribution in [0, 0.1) is 0 Å². The van der Waals surface area contributed by atoms with E-state index in [-0.39, 0.29) is 0 Å². The van der Waals surface area contributed by atoms with Crippen LogP contribution in [0.15, 0.2) is 11.8 Å². The highest BCUT2D eigenvalue weighted by atomic mass is 16.1. The van der Waals surface area contributed by atoms with Gasteiger partial charge in [0.25, 0.3) is 0 Å². The average molecular weight is 226 g/mol. The third-order valence-corrected chi connectivity index (χ3v) is 2.65. The van der Waals surface area contributed by atoms with Gasteiger partial charge in [0, 0.05) is 11.8 Å². The normalized spacial score (nSPS) is 11.7. The largest absolute Gasteiger partial charge is 0.402 e. The summed E-state index contributed by atoms with van der Waals surface area (Å²) in [6.07, 6.45) is 12.3. The van der Waals surface area contributed by atoms with E-state index >= 15 is 0 Å². The van der Waals surface area contributed by atoms with Gasteiger partial charge in [0.15, 0.2) is 0 Å². The second-order valence-corrected chi connectivity index (χ2v) is 4.35. The Balaban J connectivity index is 3.24. The minimum atomic E-state index is -0.447. The van der Waals surface area contributed by atoms with Gasteiger partial charge in [-0.3, -0.25) is 4.79 Å². The number of carbonyl (C=O) groups is 1. The highest BCUT2D eigenvalue weighted by molar-refractivity contribution is 5.86. The molecule has 0 bridgehead atoms. The van der Waals surface area contributed by atoms with Gasteiger partial charge in [0.05, 0.1) is 0 Å². The van der Waals surface area contributed by atoms with Gasteiger partial charge in [-0.25, -0.2) is 0 Å². The van der Waals surface area contributed by atoms with Crippen molar-refractivity contribution in [3.05, 3.63) is 11.8 Å². The molecule has 0 aliphatic carbocycles. The van der Waals surface area contributed by atoms with E-state index in [9.17, 15) is 4.79 Å². The van der Waals surface area contributed by atoms with Gasteiger partial charge in [0.2, 0.25) is 5.91 Å². The Kier molecular flexibility index (Phi) is 9.87. The quantitative estimate of drug-likeness (QED) is 0.444. The zero-order valence-electron chi connectivity index (χ0n) is 10.5. The van der Waals surface area contributed by atoms with Crippen LogP contribution in [-0.4, -0.2) is 5.91 Å². The van der Waals surface area contributed by atoms with Crippen molar-refractivity contribution in [3.63, 3.8) is 0 Å². The molecular formula is C13H26N2O. The van der Waals surface area contributed by atoms with E-state index in [4.69, 9.17) is 11.5 Å². The monoisotopic (exact) mass is 226 g/mol. The van der Waals surface area contributed by atoms with E-state index in [0.29, 0.717) is 5.70 Å². The Bertz CT molecular complexity index is 212. The number of amides is 1. The van der Waals surface area contributed by atoms with Gasteiger partial charge in [-0.05, 0) is 12.8 Å². The lowest BCUT2D eigenvalue weighted by Gasteiger charge is -2.02. The van der Waals surface area contributed by atoms with Crippen molar-refractivity contribution in [1.29, 1.82) is 0 Å². The maximum absolute atomic E-state index is 10.5. The van der Waals surface area contributed by atoms with Crippen molar-refractivity contribution in [1.82, 2.24) is 0 Å². The van der Waals surface area contributed by atoms with Crippen molar-refractivity contribution in [2.75, 3.05) is 0 Å². The van der Waals surface area contributed by atoms with Crippen LogP contribution in [-0.2, 0) is 4.79 Å². The number of allylic oxidation sites excluding steroid dienone is 1. The molecule has 0 aromatic heterocycles. The van der Waals surface area contributed by atoms with Crippen LogP contribution in [0.3, 0.4) is 0 Å². The minimum absolute atomic E-state index is 0.447. The zero-order chi connectivity index (χ0) is 12.2. The Labute approximate surface area is 99.3 Å².